The van der Waals surface area contributed by atoms with Crippen molar-refractivity contribution in [3.63, 3.8) is 0 Å². The molecule has 0 radical (unpaired) electrons. The van der Waals surface area contributed by atoms with E-state index in [1.165, 1.54) is 6.07 Å². The van der Waals surface area contributed by atoms with Crippen molar-refractivity contribution >= 4 is 10.1 Å². The summed E-state index contributed by atoms with van der Waals surface area (Å²) < 4.78 is 34.0. The van der Waals surface area contributed by atoms with Crippen LogP contribution in [-0.2, 0) is 10.1 Å². The molecular weight excluding hydrogens is 283 g/mol. The average molecular weight is 300 g/mol. The van der Waals surface area contributed by atoms with Gasteiger partial charge in [-0.15, -0.1) is 0 Å². The Balaban J connectivity index is 0.00000200. The second kappa shape index (κ2) is 6.16. The van der Waals surface area contributed by atoms with E-state index in [0.717, 1.165) is 22.3 Å². The van der Waals surface area contributed by atoms with Gasteiger partial charge in [0.2, 0.25) is 0 Å². The van der Waals surface area contributed by atoms with Crippen molar-refractivity contribution < 1.29 is 42.5 Å². The van der Waals surface area contributed by atoms with E-state index < -0.39 is 10.1 Å². The monoisotopic (exact) mass is 300 g/mol. The smallest absolute Gasteiger partial charge is 0.744 e. The molecule has 0 aliphatic heterocycles. The van der Waals surface area contributed by atoms with Gasteiger partial charge in [-0.3, -0.25) is 0 Å². The molecule has 0 N–H and O–H groups in total. The Hall–Kier alpha value is -0.390. The molecule has 3 nitrogen and oxygen atoms in total. The van der Waals surface area contributed by atoms with Gasteiger partial charge < -0.3 is 4.55 Å². The van der Waals surface area contributed by atoms with Crippen molar-refractivity contribution in [3.05, 3.63) is 41.0 Å². The molecule has 102 valence electrons. The van der Waals surface area contributed by atoms with Gasteiger partial charge in [0.15, 0.2) is 0 Å². The van der Waals surface area contributed by atoms with E-state index in [-0.39, 0.29) is 34.5 Å². The van der Waals surface area contributed by atoms with Crippen LogP contribution in [0.5, 0.6) is 0 Å². The molecule has 0 amide bonds. The van der Waals surface area contributed by atoms with Gasteiger partial charge in [0.05, 0.1) is 4.90 Å². The molecule has 0 spiro atoms. The SMILES string of the molecule is Cc1cc(C(C)C)ccc2c(S(=O)(=O)[O-])cc(C)c1-2.[Na+]. The first-order chi connectivity index (χ1) is 8.71. The van der Waals surface area contributed by atoms with Gasteiger partial charge in [-0.05, 0) is 53.6 Å². The molecule has 0 bridgehead atoms. The summed E-state index contributed by atoms with van der Waals surface area (Å²) in [5.74, 6) is 0.350. The van der Waals surface area contributed by atoms with E-state index >= 15 is 0 Å². The van der Waals surface area contributed by atoms with Crippen LogP contribution < -0.4 is 29.6 Å². The fourth-order valence-electron chi connectivity index (χ4n) is 2.49. The third-order valence-corrected chi connectivity index (χ3v) is 4.31. The van der Waals surface area contributed by atoms with Gasteiger partial charge in [0, 0.05) is 0 Å². The predicted molar refractivity (Wildman–Crippen MR) is 74.6 cm³/mol. The molecule has 20 heavy (non-hydrogen) atoms. The van der Waals surface area contributed by atoms with Gasteiger partial charge in [0.25, 0.3) is 0 Å². The van der Waals surface area contributed by atoms with Gasteiger partial charge >= 0.3 is 29.6 Å². The molecule has 2 aliphatic carbocycles. The number of rotatable bonds is 2. The zero-order valence-electron chi connectivity index (χ0n) is 12.5. The molecule has 0 saturated heterocycles. The number of hydrogen-bond donors (Lipinski definition) is 0. The van der Waals surface area contributed by atoms with E-state index in [2.05, 4.69) is 19.9 Å². The Morgan fingerprint density at radius 2 is 1.60 bits per heavy atom. The minimum atomic E-state index is -4.44. The first-order valence-electron chi connectivity index (χ1n) is 6.21. The third kappa shape index (κ3) is 3.26. The molecule has 0 fully saturated rings. The van der Waals surface area contributed by atoms with Gasteiger partial charge in [0.1, 0.15) is 10.1 Å². The van der Waals surface area contributed by atoms with Crippen LogP contribution in [0.4, 0.5) is 0 Å². The third-order valence-electron chi connectivity index (χ3n) is 3.43. The molecule has 2 rings (SSSR count). The van der Waals surface area contributed by atoms with E-state index in [1.807, 2.05) is 19.9 Å². The molecular formula is C15H17NaO3S. The van der Waals surface area contributed by atoms with Crippen molar-refractivity contribution in [2.75, 3.05) is 0 Å². The summed E-state index contributed by atoms with van der Waals surface area (Å²) in [6.45, 7) is 7.94. The maximum Gasteiger partial charge on any atom is 1.00 e. The fraction of sp³-hybridized carbons (Fsp3) is 0.333. The predicted octanol–water partition coefficient (Wildman–Crippen LogP) is 0.440. The molecule has 0 aromatic rings. The van der Waals surface area contributed by atoms with Crippen LogP contribution in [0.2, 0.25) is 0 Å². The Labute approximate surface area is 142 Å². The molecule has 0 heterocycles. The van der Waals surface area contributed by atoms with Crippen molar-refractivity contribution in [2.45, 2.75) is 38.5 Å². The molecule has 0 saturated carbocycles. The second-order valence-corrected chi connectivity index (χ2v) is 6.60. The number of hydrogen-bond acceptors (Lipinski definition) is 3. The van der Waals surface area contributed by atoms with Crippen molar-refractivity contribution in [1.82, 2.24) is 0 Å². The zero-order valence-corrected chi connectivity index (χ0v) is 15.3. The molecule has 5 heteroatoms. The second-order valence-electron chi connectivity index (χ2n) is 5.25. The summed E-state index contributed by atoms with van der Waals surface area (Å²) in [5, 5.41) is 0. The minimum absolute atomic E-state index is 0. The van der Waals surface area contributed by atoms with Crippen LogP contribution in [-0.4, -0.2) is 13.0 Å². The number of fused-ring (bicyclic) bond motifs is 1. The maximum atomic E-state index is 11.3. The standard InChI is InChI=1S/C15H18O3S.Na/c1-9(2)12-5-6-13-14(19(16,17)18)8-11(4)15(13)10(3)7-12;/h5-9H,1-4H3,(H,16,17,18);/q;+1/p-1. The van der Waals surface area contributed by atoms with Crippen LogP contribution in [0, 0.1) is 13.8 Å². The van der Waals surface area contributed by atoms with Crippen LogP contribution in [0.25, 0.3) is 11.1 Å². The Morgan fingerprint density at radius 3 is 2.10 bits per heavy atom. The summed E-state index contributed by atoms with van der Waals surface area (Å²) in [4.78, 5) is -0.117. The topological polar surface area (TPSA) is 57.2 Å². The van der Waals surface area contributed by atoms with Crippen molar-refractivity contribution in [2.24, 2.45) is 0 Å². The quantitative estimate of drug-likeness (QED) is 0.597. The average Bonchev–Trinajstić information content (AvgIpc) is 2.49. The van der Waals surface area contributed by atoms with Crippen LogP contribution in [0.1, 0.15) is 36.5 Å². The van der Waals surface area contributed by atoms with Crippen molar-refractivity contribution in [1.29, 1.82) is 0 Å². The maximum absolute atomic E-state index is 11.3. The fourth-order valence-corrected chi connectivity index (χ4v) is 3.25. The summed E-state index contributed by atoms with van der Waals surface area (Å²) >= 11 is 0. The van der Waals surface area contributed by atoms with Crippen LogP contribution in [0.3, 0.4) is 0 Å². The minimum Gasteiger partial charge on any atom is -0.744 e. The van der Waals surface area contributed by atoms with Gasteiger partial charge in [-0.1, -0.05) is 32.0 Å². The summed E-state index contributed by atoms with van der Waals surface area (Å²) in [5.41, 5.74) is 4.34. The first-order valence-corrected chi connectivity index (χ1v) is 7.62. The van der Waals surface area contributed by atoms with Crippen molar-refractivity contribution in [3.8, 4) is 11.1 Å². The van der Waals surface area contributed by atoms with Crippen LogP contribution in [0.15, 0.2) is 29.2 Å². The molecule has 0 aromatic heterocycles. The normalized spacial score (nSPS) is 11.7. The van der Waals surface area contributed by atoms with E-state index in [4.69, 9.17) is 0 Å². The van der Waals surface area contributed by atoms with E-state index in [9.17, 15) is 13.0 Å². The zero-order chi connectivity index (χ0) is 14.4. The Kier molecular flexibility index (Phi) is 5.44. The molecule has 2 aliphatic rings. The van der Waals surface area contributed by atoms with Gasteiger partial charge in [-0.25, -0.2) is 8.42 Å². The Morgan fingerprint density at radius 1 is 1.05 bits per heavy atom. The summed E-state index contributed by atoms with van der Waals surface area (Å²) in [6.07, 6.45) is 0. The molecule has 0 aromatic carbocycles. The molecule has 0 atom stereocenters. The number of aryl methyl sites for hydroxylation is 2. The first kappa shape index (κ1) is 17.7. The summed E-state index contributed by atoms with van der Waals surface area (Å²) in [6, 6.07) is 7.17. The van der Waals surface area contributed by atoms with Gasteiger partial charge in [-0.2, -0.15) is 0 Å². The van der Waals surface area contributed by atoms with Crippen LogP contribution >= 0.6 is 0 Å². The summed E-state index contributed by atoms with van der Waals surface area (Å²) in [7, 11) is -4.44. The largest absolute Gasteiger partial charge is 1.00 e. The Bertz CT molecular complexity index is 706. The van der Waals surface area contributed by atoms with E-state index in [1.54, 1.807) is 6.07 Å². The molecule has 0 unspecified atom stereocenters. The van der Waals surface area contributed by atoms with E-state index in [0.29, 0.717) is 11.5 Å².